The first-order valence-electron chi connectivity index (χ1n) is 5.64. The van der Waals surface area contributed by atoms with Crippen LogP contribution in [-0.4, -0.2) is 0 Å². The SMILES string of the molecule is Cc1cccc(CCc2ccccc2N)c1. The fourth-order valence-corrected chi connectivity index (χ4v) is 1.91. The molecule has 0 spiro atoms. The van der Waals surface area contributed by atoms with E-state index in [1.165, 1.54) is 16.7 Å². The summed E-state index contributed by atoms with van der Waals surface area (Å²) < 4.78 is 0. The molecule has 0 saturated heterocycles. The van der Waals surface area contributed by atoms with E-state index >= 15 is 0 Å². The van der Waals surface area contributed by atoms with Gasteiger partial charge in [-0.1, -0.05) is 48.0 Å². The summed E-state index contributed by atoms with van der Waals surface area (Å²) in [6.45, 7) is 2.13. The summed E-state index contributed by atoms with van der Waals surface area (Å²) >= 11 is 0. The first kappa shape index (κ1) is 10.7. The van der Waals surface area contributed by atoms with E-state index in [0.717, 1.165) is 18.5 Å². The lowest BCUT2D eigenvalue weighted by Crippen LogP contribution is -1.96. The van der Waals surface area contributed by atoms with Gasteiger partial charge in [0.1, 0.15) is 0 Å². The third-order valence-corrected chi connectivity index (χ3v) is 2.82. The molecular formula is C15H17N. The molecule has 1 heteroatoms. The van der Waals surface area contributed by atoms with Gasteiger partial charge in [0.15, 0.2) is 0 Å². The lowest BCUT2D eigenvalue weighted by molar-refractivity contribution is 0.961. The molecule has 0 aliphatic heterocycles. The Labute approximate surface area is 96.9 Å². The van der Waals surface area contributed by atoms with Gasteiger partial charge in [0.05, 0.1) is 0 Å². The summed E-state index contributed by atoms with van der Waals surface area (Å²) in [6, 6.07) is 16.7. The third kappa shape index (κ3) is 2.63. The van der Waals surface area contributed by atoms with Crippen molar-refractivity contribution in [3.8, 4) is 0 Å². The van der Waals surface area contributed by atoms with Crippen LogP contribution in [-0.2, 0) is 12.8 Å². The minimum Gasteiger partial charge on any atom is -0.399 e. The van der Waals surface area contributed by atoms with Gasteiger partial charge in [0.25, 0.3) is 0 Å². The van der Waals surface area contributed by atoms with Crippen LogP contribution in [0.5, 0.6) is 0 Å². The first-order chi connectivity index (χ1) is 7.75. The fraction of sp³-hybridized carbons (Fsp3) is 0.200. The van der Waals surface area contributed by atoms with Crippen LogP contribution in [0.1, 0.15) is 16.7 Å². The van der Waals surface area contributed by atoms with Gasteiger partial charge in [-0.15, -0.1) is 0 Å². The highest BCUT2D eigenvalue weighted by Crippen LogP contribution is 2.14. The zero-order valence-electron chi connectivity index (χ0n) is 9.61. The van der Waals surface area contributed by atoms with Crippen molar-refractivity contribution in [2.45, 2.75) is 19.8 Å². The highest BCUT2D eigenvalue weighted by molar-refractivity contribution is 5.46. The molecule has 16 heavy (non-hydrogen) atoms. The molecule has 2 N–H and O–H groups in total. The van der Waals surface area contributed by atoms with Crippen LogP contribution in [0.2, 0.25) is 0 Å². The number of nitrogens with two attached hydrogens (primary N) is 1. The molecule has 0 atom stereocenters. The lowest BCUT2D eigenvalue weighted by Gasteiger charge is -2.05. The normalized spacial score (nSPS) is 10.3. The number of benzene rings is 2. The smallest absolute Gasteiger partial charge is 0.0346 e. The Kier molecular flexibility index (Phi) is 3.25. The van der Waals surface area contributed by atoms with Crippen LogP contribution in [0.3, 0.4) is 0 Å². The summed E-state index contributed by atoms with van der Waals surface area (Å²) in [7, 11) is 0. The standard InChI is InChI=1S/C15H17N/c1-12-5-4-6-13(11-12)9-10-14-7-2-3-8-15(14)16/h2-8,11H,9-10,16H2,1H3. The van der Waals surface area contributed by atoms with Crippen molar-refractivity contribution < 1.29 is 0 Å². The summed E-state index contributed by atoms with van der Waals surface area (Å²) in [4.78, 5) is 0. The molecule has 1 nitrogen and oxygen atoms in total. The van der Waals surface area contributed by atoms with Crippen molar-refractivity contribution in [1.82, 2.24) is 0 Å². The summed E-state index contributed by atoms with van der Waals surface area (Å²) in [6.07, 6.45) is 2.06. The molecule has 2 rings (SSSR count). The molecule has 0 amide bonds. The zero-order chi connectivity index (χ0) is 11.4. The number of para-hydroxylation sites is 1. The van der Waals surface area contributed by atoms with E-state index in [1.807, 2.05) is 18.2 Å². The second kappa shape index (κ2) is 4.84. The van der Waals surface area contributed by atoms with Crippen LogP contribution in [0, 0.1) is 6.92 Å². The van der Waals surface area contributed by atoms with Gasteiger partial charge in [-0.05, 0) is 37.0 Å². The average Bonchev–Trinajstić information content (AvgIpc) is 2.28. The number of hydrogen-bond donors (Lipinski definition) is 1. The van der Waals surface area contributed by atoms with Gasteiger partial charge in [0.2, 0.25) is 0 Å². The Morgan fingerprint density at radius 3 is 2.50 bits per heavy atom. The van der Waals surface area contributed by atoms with Gasteiger partial charge >= 0.3 is 0 Å². The molecule has 0 aliphatic carbocycles. The molecular weight excluding hydrogens is 194 g/mol. The van der Waals surface area contributed by atoms with Crippen molar-refractivity contribution in [3.05, 3.63) is 65.2 Å². The Balaban J connectivity index is 2.05. The maximum atomic E-state index is 5.91. The predicted molar refractivity (Wildman–Crippen MR) is 69.4 cm³/mol. The van der Waals surface area contributed by atoms with E-state index in [4.69, 9.17) is 5.73 Å². The molecule has 2 aromatic rings. The lowest BCUT2D eigenvalue weighted by atomic mass is 10.0. The first-order valence-corrected chi connectivity index (χ1v) is 5.64. The molecule has 0 aromatic heterocycles. The highest BCUT2D eigenvalue weighted by Gasteiger charge is 1.99. The van der Waals surface area contributed by atoms with E-state index in [-0.39, 0.29) is 0 Å². The average molecular weight is 211 g/mol. The maximum absolute atomic E-state index is 5.91. The van der Waals surface area contributed by atoms with E-state index in [2.05, 4.69) is 37.3 Å². The van der Waals surface area contributed by atoms with Crippen molar-refractivity contribution in [3.63, 3.8) is 0 Å². The number of nitrogen functional groups attached to an aromatic ring is 1. The molecule has 0 fully saturated rings. The zero-order valence-corrected chi connectivity index (χ0v) is 9.61. The molecule has 0 bridgehead atoms. The Bertz CT molecular complexity index is 474. The van der Waals surface area contributed by atoms with Crippen LogP contribution in [0.15, 0.2) is 48.5 Å². The molecule has 0 aliphatic rings. The summed E-state index contributed by atoms with van der Waals surface area (Å²) in [5.74, 6) is 0. The van der Waals surface area contributed by atoms with E-state index in [0.29, 0.717) is 0 Å². The molecule has 0 saturated carbocycles. The maximum Gasteiger partial charge on any atom is 0.0346 e. The third-order valence-electron chi connectivity index (χ3n) is 2.82. The van der Waals surface area contributed by atoms with Crippen LogP contribution in [0.25, 0.3) is 0 Å². The molecule has 2 aromatic carbocycles. The highest BCUT2D eigenvalue weighted by atomic mass is 14.6. The number of rotatable bonds is 3. The monoisotopic (exact) mass is 211 g/mol. The number of hydrogen-bond acceptors (Lipinski definition) is 1. The van der Waals surface area contributed by atoms with Gasteiger partial charge < -0.3 is 5.73 Å². The van der Waals surface area contributed by atoms with Crippen molar-refractivity contribution >= 4 is 5.69 Å². The number of aryl methyl sites for hydroxylation is 3. The second-order valence-corrected chi connectivity index (χ2v) is 4.19. The fourth-order valence-electron chi connectivity index (χ4n) is 1.91. The largest absolute Gasteiger partial charge is 0.399 e. The minimum atomic E-state index is 0.898. The summed E-state index contributed by atoms with van der Waals surface area (Å²) in [5, 5.41) is 0. The van der Waals surface area contributed by atoms with Crippen LogP contribution in [0.4, 0.5) is 5.69 Å². The minimum absolute atomic E-state index is 0.898. The Hall–Kier alpha value is -1.76. The van der Waals surface area contributed by atoms with E-state index in [1.54, 1.807) is 0 Å². The van der Waals surface area contributed by atoms with Crippen molar-refractivity contribution in [2.75, 3.05) is 5.73 Å². The van der Waals surface area contributed by atoms with Crippen molar-refractivity contribution in [1.29, 1.82) is 0 Å². The van der Waals surface area contributed by atoms with E-state index < -0.39 is 0 Å². The van der Waals surface area contributed by atoms with Gasteiger partial charge in [-0.25, -0.2) is 0 Å². The molecule has 82 valence electrons. The predicted octanol–water partition coefficient (Wildman–Crippen LogP) is 3.36. The topological polar surface area (TPSA) is 26.0 Å². The van der Waals surface area contributed by atoms with Crippen molar-refractivity contribution in [2.24, 2.45) is 0 Å². The van der Waals surface area contributed by atoms with Gasteiger partial charge in [-0.2, -0.15) is 0 Å². The van der Waals surface area contributed by atoms with Gasteiger partial charge in [-0.3, -0.25) is 0 Å². The number of anilines is 1. The Morgan fingerprint density at radius 2 is 1.75 bits per heavy atom. The van der Waals surface area contributed by atoms with Crippen LogP contribution >= 0.6 is 0 Å². The van der Waals surface area contributed by atoms with Crippen LogP contribution < -0.4 is 5.73 Å². The van der Waals surface area contributed by atoms with Gasteiger partial charge in [0, 0.05) is 5.69 Å². The Morgan fingerprint density at radius 1 is 0.938 bits per heavy atom. The molecule has 0 heterocycles. The molecule has 0 unspecified atom stereocenters. The summed E-state index contributed by atoms with van der Waals surface area (Å²) in [5.41, 5.74) is 10.7. The quantitative estimate of drug-likeness (QED) is 0.774. The van der Waals surface area contributed by atoms with E-state index in [9.17, 15) is 0 Å². The second-order valence-electron chi connectivity index (χ2n) is 4.19. The molecule has 0 radical (unpaired) electrons.